The molecule has 0 spiro atoms. The number of β-lactam (4-membered cyclic amide) rings is 1. The van der Waals surface area contributed by atoms with Crippen LogP contribution in [-0.2, 0) is 9.59 Å². The second kappa shape index (κ2) is 2.74. The minimum absolute atomic E-state index is 0.0490. The Hall–Kier alpha value is -1.01. The lowest BCUT2D eigenvalue weighted by molar-refractivity contribution is -0.150. The first-order chi connectivity index (χ1) is 6.13. The largest absolute Gasteiger partial charge is 0.477 e. The zero-order valence-corrected chi connectivity index (χ0v) is 7.45. The van der Waals surface area contributed by atoms with Crippen LogP contribution in [0.5, 0.6) is 0 Å². The third-order valence-electron chi connectivity index (χ3n) is 2.21. The first-order valence-electron chi connectivity index (χ1n) is 3.76. The Kier molecular flexibility index (Phi) is 1.81. The van der Waals surface area contributed by atoms with Gasteiger partial charge in [-0.15, -0.1) is 11.8 Å². The molecule has 0 radical (unpaired) electrons. The lowest BCUT2D eigenvalue weighted by Crippen LogP contribution is -2.70. The number of nitrogens with zero attached hydrogens (tertiary/aromatic N) is 1. The molecular weight excluding hydrogens is 192 g/mol. The zero-order valence-electron chi connectivity index (χ0n) is 6.64. The SMILES string of the molecule is N[C@H]1C(=O)N2C(C(=O)O)=CSC[C@@H]12. The maximum Gasteiger partial charge on any atom is 0.353 e. The van der Waals surface area contributed by atoms with E-state index in [4.69, 9.17) is 10.8 Å². The summed E-state index contributed by atoms with van der Waals surface area (Å²) in [4.78, 5) is 23.1. The van der Waals surface area contributed by atoms with E-state index in [-0.39, 0.29) is 17.6 Å². The summed E-state index contributed by atoms with van der Waals surface area (Å²) < 4.78 is 0. The summed E-state index contributed by atoms with van der Waals surface area (Å²) in [6, 6.07) is -0.649. The Balaban J connectivity index is 2.27. The summed E-state index contributed by atoms with van der Waals surface area (Å²) >= 11 is 1.38. The highest BCUT2D eigenvalue weighted by molar-refractivity contribution is 8.02. The molecule has 6 heteroatoms. The summed E-state index contributed by atoms with van der Waals surface area (Å²) in [6.07, 6.45) is 0. The third kappa shape index (κ3) is 1.06. The van der Waals surface area contributed by atoms with Crippen molar-refractivity contribution in [3.05, 3.63) is 11.1 Å². The highest BCUT2D eigenvalue weighted by Gasteiger charge is 2.49. The normalized spacial score (nSPS) is 31.9. The van der Waals surface area contributed by atoms with Crippen molar-refractivity contribution in [2.75, 3.05) is 5.75 Å². The summed E-state index contributed by atoms with van der Waals surface area (Å²) in [5.74, 6) is -0.680. The Bertz CT molecular complexity index is 315. The van der Waals surface area contributed by atoms with Crippen molar-refractivity contribution in [2.24, 2.45) is 5.73 Å². The number of hydrogen-bond acceptors (Lipinski definition) is 4. The topological polar surface area (TPSA) is 83.6 Å². The van der Waals surface area contributed by atoms with Gasteiger partial charge in [-0.2, -0.15) is 0 Å². The molecule has 2 aliphatic rings. The predicted octanol–water partition coefficient (Wildman–Crippen LogP) is -0.803. The quantitative estimate of drug-likeness (QED) is 0.541. The standard InChI is InChI=1S/C7H8N2O3S/c8-5-3-1-13-2-4(7(11)12)9(3)6(5)10/h2-3,5H,1,8H2,(H,11,12)/t3-,5+/m0/s1. The van der Waals surface area contributed by atoms with Crippen LogP contribution in [0.15, 0.2) is 11.1 Å². The number of nitrogens with two attached hydrogens (primary N) is 1. The van der Waals surface area contributed by atoms with Crippen LogP contribution in [0.25, 0.3) is 0 Å². The summed E-state index contributed by atoms with van der Waals surface area (Å²) in [7, 11) is 0. The summed E-state index contributed by atoms with van der Waals surface area (Å²) in [5.41, 5.74) is 5.56. The number of rotatable bonds is 1. The Morgan fingerprint density at radius 1 is 1.77 bits per heavy atom. The van der Waals surface area contributed by atoms with Gasteiger partial charge in [0.25, 0.3) is 0 Å². The van der Waals surface area contributed by atoms with Crippen molar-refractivity contribution in [1.82, 2.24) is 4.90 Å². The van der Waals surface area contributed by atoms with Crippen LogP contribution in [0.4, 0.5) is 0 Å². The van der Waals surface area contributed by atoms with E-state index >= 15 is 0 Å². The smallest absolute Gasteiger partial charge is 0.353 e. The van der Waals surface area contributed by atoms with Crippen LogP contribution >= 0.6 is 11.8 Å². The number of aliphatic carboxylic acids is 1. The number of carboxylic acids is 1. The van der Waals surface area contributed by atoms with E-state index in [1.807, 2.05) is 0 Å². The fourth-order valence-electron chi connectivity index (χ4n) is 1.48. The van der Waals surface area contributed by atoms with Crippen molar-refractivity contribution in [2.45, 2.75) is 12.1 Å². The van der Waals surface area contributed by atoms with Gasteiger partial charge >= 0.3 is 5.97 Å². The summed E-state index contributed by atoms with van der Waals surface area (Å²) in [6.45, 7) is 0. The fourth-order valence-corrected chi connectivity index (χ4v) is 2.50. The molecule has 0 aromatic rings. The van der Waals surface area contributed by atoms with Gasteiger partial charge in [-0.25, -0.2) is 4.79 Å². The first-order valence-corrected chi connectivity index (χ1v) is 4.81. The number of carbonyl (C=O) groups excluding carboxylic acids is 1. The lowest BCUT2D eigenvalue weighted by atomic mass is 9.96. The number of amides is 1. The van der Waals surface area contributed by atoms with E-state index in [1.165, 1.54) is 22.1 Å². The fraction of sp³-hybridized carbons (Fsp3) is 0.429. The maximum absolute atomic E-state index is 11.2. The van der Waals surface area contributed by atoms with Gasteiger partial charge in [0.05, 0.1) is 6.04 Å². The molecule has 0 saturated carbocycles. The molecule has 2 atom stereocenters. The van der Waals surface area contributed by atoms with Crippen LogP contribution in [0.3, 0.4) is 0 Å². The Morgan fingerprint density at radius 2 is 2.46 bits per heavy atom. The molecule has 0 aromatic heterocycles. The molecule has 2 aliphatic heterocycles. The minimum atomic E-state index is -1.07. The van der Waals surface area contributed by atoms with Crippen molar-refractivity contribution < 1.29 is 14.7 Å². The highest BCUT2D eigenvalue weighted by Crippen LogP contribution is 2.32. The van der Waals surface area contributed by atoms with Crippen LogP contribution < -0.4 is 5.73 Å². The van der Waals surface area contributed by atoms with Crippen LogP contribution in [0.1, 0.15) is 0 Å². The van der Waals surface area contributed by atoms with Gasteiger partial charge in [0.15, 0.2) is 0 Å². The molecule has 1 amide bonds. The van der Waals surface area contributed by atoms with Gasteiger partial charge in [0.2, 0.25) is 5.91 Å². The molecule has 1 saturated heterocycles. The maximum atomic E-state index is 11.2. The first kappa shape index (κ1) is 8.58. The van der Waals surface area contributed by atoms with Crippen molar-refractivity contribution in [3.8, 4) is 0 Å². The van der Waals surface area contributed by atoms with Gasteiger partial charge in [-0.3, -0.25) is 9.69 Å². The van der Waals surface area contributed by atoms with E-state index in [0.717, 1.165) is 0 Å². The Labute approximate surface area is 78.6 Å². The van der Waals surface area contributed by atoms with E-state index in [0.29, 0.717) is 5.75 Å². The van der Waals surface area contributed by atoms with Crippen LogP contribution in [-0.4, -0.2) is 39.7 Å². The zero-order chi connectivity index (χ0) is 9.59. The van der Waals surface area contributed by atoms with Crippen molar-refractivity contribution in [3.63, 3.8) is 0 Å². The van der Waals surface area contributed by atoms with Gasteiger partial charge in [-0.1, -0.05) is 0 Å². The second-order valence-electron chi connectivity index (χ2n) is 2.94. The third-order valence-corrected chi connectivity index (χ3v) is 3.13. The average molecular weight is 200 g/mol. The molecule has 0 unspecified atom stereocenters. The van der Waals surface area contributed by atoms with E-state index in [9.17, 15) is 9.59 Å². The van der Waals surface area contributed by atoms with Crippen molar-refractivity contribution in [1.29, 1.82) is 0 Å². The van der Waals surface area contributed by atoms with E-state index < -0.39 is 12.0 Å². The highest BCUT2D eigenvalue weighted by atomic mass is 32.2. The van der Waals surface area contributed by atoms with Gasteiger partial charge < -0.3 is 10.8 Å². The van der Waals surface area contributed by atoms with Crippen LogP contribution in [0.2, 0.25) is 0 Å². The van der Waals surface area contributed by atoms with Crippen LogP contribution in [0, 0.1) is 0 Å². The molecule has 0 bridgehead atoms. The molecule has 70 valence electrons. The molecule has 5 nitrogen and oxygen atoms in total. The van der Waals surface area contributed by atoms with E-state index in [2.05, 4.69) is 0 Å². The number of carboxylic acid groups (broad SMARTS) is 1. The van der Waals surface area contributed by atoms with E-state index in [1.54, 1.807) is 0 Å². The molecular formula is C7H8N2O3S. The average Bonchev–Trinajstić information content (AvgIpc) is 2.15. The number of thioether (sulfide) groups is 1. The van der Waals surface area contributed by atoms with Gasteiger partial charge in [-0.05, 0) is 0 Å². The second-order valence-corrected chi connectivity index (χ2v) is 3.85. The summed E-state index contributed by atoms with van der Waals surface area (Å²) in [5, 5.41) is 10.2. The van der Waals surface area contributed by atoms with Crippen molar-refractivity contribution >= 4 is 23.6 Å². The molecule has 1 fully saturated rings. The molecule has 2 heterocycles. The predicted molar refractivity (Wildman–Crippen MR) is 46.8 cm³/mol. The lowest BCUT2D eigenvalue weighted by Gasteiger charge is -2.46. The van der Waals surface area contributed by atoms with Gasteiger partial charge in [0.1, 0.15) is 11.7 Å². The molecule has 2 rings (SSSR count). The molecule has 3 N–H and O–H groups in total. The molecule has 13 heavy (non-hydrogen) atoms. The minimum Gasteiger partial charge on any atom is -0.477 e. The van der Waals surface area contributed by atoms with Gasteiger partial charge in [0, 0.05) is 11.2 Å². The monoisotopic (exact) mass is 200 g/mol. The number of hydrogen-bond donors (Lipinski definition) is 2. The number of carbonyl (C=O) groups is 2. The molecule has 0 aromatic carbocycles. The number of fused-ring (bicyclic) bond motifs is 1. The Morgan fingerprint density at radius 3 is 3.08 bits per heavy atom. The molecule has 0 aliphatic carbocycles.